The molecular weight excluding hydrogens is 812 g/mol. The molecule has 0 amide bonds. The van der Waals surface area contributed by atoms with Crippen molar-refractivity contribution in [2.45, 2.75) is 9.79 Å². The molecule has 4 aromatic carbocycles. The maximum absolute atomic E-state index is 10.1. The van der Waals surface area contributed by atoms with E-state index in [4.69, 9.17) is 56.8 Å². The standard InChI is InChI=1S/C24H18S.6FH2O2P/c1-3-9-19(10-4-1)23-13-7-8-14-24(23)20-15-17-22(18-16-20)25-21-11-5-2-6-12-21;6*1-4(2)3/h1-18H;6*4H,(H,2,3). The number of rotatable bonds is 4. The Hall–Kier alpha value is -2.05. The maximum Gasteiger partial charge on any atom is 0.353 e. The molecular formula is C24H30F6O12P6S. The van der Waals surface area contributed by atoms with Crippen molar-refractivity contribution < 1.29 is 81.9 Å². The van der Waals surface area contributed by atoms with Gasteiger partial charge in [0.1, 0.15) is 0 Å². The topological polar surface area (TPSA) is 224 Å². The van der Waals surface area contributed by atoms with Crippen LogP contribution in [0, 0.1) is 0 Å². The van der Waals surface area contributed by atoms with Crippen LogP contribution in [0.5, 0.6) is 0 Å². The summed E-state index contributed by atoms with van der Waals surface area (Å²) < 4.78 is 112. The zero-order valence-corrected chi connectivity index (χ0v) is 31.0. The van der Waals surface area contributed by atoms with Crippen LogP contribution in [0.4, 0.5) is 25.2 Å². The zero-order chi connectivity index (χ0) is 38.4. The minimum absolute atomic E-state index is 1.25. The first-order chi connectivity index (χ1) is 22.8. The van der Waals surface area contributed by atoms with Crippen LogP contribution in [0.3, 0.4) is 0 Å². The van der Waals surface area contributed by atoms with Crippen molar-refractivity contribution in [3.63, 3.8) is 0 Å². The van der Waals surface area contributed by atoms with E-state index in [0.717, 1.165) is 0 Å². The Bertz CT molecular complexity index is 1470. The van der Waals surface area contributed by atoms with Crippen molar-refractivity contribution >= 4 is 61.8 Å². The third-order valence-electron chi connectivity index (χ3n) is 4.16. The molecule has 6 N–H and O–H groups in total. The van der Waals surface area contributed by atoms with Gasteiger partial charge in [0.25, 0.3) is 0 Å². The molecule has 0 bridgehead atoms. The summed E-state index contributed by atoms with van der Waals surface area (Å²) in [4.78, 5) is 44.1. The Morgan fingerprint density at radius 3 is 0.878 bits per heavy atom. The largest absolute Gasteiger partial charge is 0.353 e. The molecule has 0 aromatic heterocycles. The molecule has 12 nitrogen and oxygen atoms in total. The van der Waals surface area contributed by atoms with Crippen LogP contribution in [0.25, 0.3) is 22.3 Å². The van der Waals surface area contributed by atoms with E-state index in [2.05, 4.69) is 103 Å². The van der Waals surface area contributed by atoms with Gasteiger partial charge in [0.05, 0.1) is 0 Å². The van der Waals surface area contributed by atoms with E-state index in [1.54, 1.807) is 11.8 Å². The maximum atomic E-state index is 10.1. The van der Waals surface area contributed by atoms with Gasteiger partial charge in [-0.25, -0.2) is 0 Å². The third kappa shape index (κ3) is 40.3. The fourth-order valence-corrected chi connectivity index (χ4v) is 3.77. The van der Waals surface area contributed by atoms with Crippen LogP contribution in [-0.2, 0) is 27.4 Å². The van der Waals surface area contributed by atoms with Crippen molar-refractivity contribution in [2.24, 2.45) is 0 Å². The van der Waals surface area contributed by atoms with Gasteiger partial charge in [-0.05, 0) is 46.5 Å². The van der Waals surface area contributed by atoms with Gasteiger partial charge < -0.3 is 29.4 Å². The van der Waals surface area contributed by atoms with Gasteiger partial charge >= 0.3 is 50.0 Å². The molecule has 49 heavy (non-hydrogen) atoms. The molecule has 0 aliphatic rings. The SMILES string of the molecule is O=[PH](O)F.O=[PH](O)F.O=[PH](O)F.O=[PH](O)F.O=[PH](O)F.O=[PH](O)F.c1ccc(Sc2ccc(-c3ccccc3-c3ccccc3)cc2)cc1. The van der Waals surface area contributed by atoms with Gasteiger partial charge in [0, 0.05) is 9.79 Å². The fraction of sp³-hybridized carbons (Fsp3) is 0. The first-order valence-electron chi connectivity index (χ1n) is 12.1. The van der Waals surface area contributed by atoms with E-state index in [9.17, 15) is 25.2 Å². The average molecular weight is 842 g/mol. The van der Waals surface area contributed by atoms with Crippen LogP contribution in [0.2, 0.25) is 0 Å². The van der Waals surface area contributed by atoms with Gasteiger partial charge in [-0.15, -0.1) is 0 Å². The van der Waals surface area contributed by atoms with Crippen LogP contribution in [0.15, 0.2) is 119 Å². The highest BCUT2D eigenvalue weighted by Crippen LogP contribution is 2.34. The summed E-state index contributed by atoms with van der Waals surface area (Å²) in [5, 5.41) is 0. The van der Waals surface area contributed by atoms with Crippen molar-refractivity contribution in [1.82, 2.24) is 0 Å². The zero-order valence-electron chi connectivity index (χ0n) is 24.2. The van der Waals surface area contributed by atoms with Gasteiger partial charge in [0.15, 0.2) is 0 Å². The predicted molar refractivity (Wildman–Crippen MR) is 182 cm³/mol. The molecule has 6 atom stereocenters. The lowest BCUT2D eigenvalue weighted by molar-refractivity contribution is 0.458. The van der Waals surface area contributed by atoms with E-state index in [-0.39, 0.29) is 0 Å². The van der Waals surface area contributed by atoms with E-state index in [1.165, 1.54) is 32.0 Å². The molecule has 25 heteroatoms. The van der Waals surface area contributed by atoms with Crippen LogP contribution >= 0.6 is 61.8 Å². The van der Waals surface area contributed by atoms with E-state index in [1.807, 2.05) is 6.07 Å². The minimum Gasteiger partial charge on any atom is -0.323 e. The van der Waals surface area contributed by atoms with Gasteiger partial charge in [0.2, 0.25) is 0 Å². The van der Waals surface area contributed by atoms with Gasteiger partial charge in [-0.3, -0.25) is 27.4 Å². The molecule has 0 aliphatic heterocycles. The lowest BCUT2D eigenvalue weighted by Crippen LogP contribution is -1.85. The summed E-state index contributed by atoms with van der Waals surface area (Å²) in [5.41, 5.74) is 5.04. The molecule has 6 unspecified atom stereocenters. The summed E-state index contributed by atoms with van der Waals surface area (Å²) in [6.45, 7) is 0. The highest BCUT2D eigenvalue weighted by atomic mass is 32.2. The Morgan fingerprint density at radius 2 is 0.571 bits per heavy atom. The highest BCUT2D eigenvalue weighted by Gasteiger charge is 2.07. The summed E-state index contributed by atoms with van der Waals surface area (Å²) in [6.07, 6.45) is 0. The molecule has 0 aliphatic carbocycles. The number of hydrogen-bond acceptors (Lipinski definition) is 7. The second-order valence-corrected chi connectivity index (χ2v) is 11.6. The van der Waals surface area contributed by atoms with Gasteiger partial charge in [-0.1, -0.05) is 96.7 Å². The van der Waals surface area contributed by atoms with E-state index < -0.39 is 50.0 Å². The monoisotopic (exact) mass is 842 g/mol. The summed E-state index contributed by atoms with van der Waals surface area (Å²) >= 11 is 1.79. The Morgan fingerprint density at radius 1 is 0.347 bits per heavy atom. The first-order valence-corrected chi connectivity index (χ1v) is 20.3. The summed E-state index contributed by atoms with van der Waals surface area (Å²) in [5.74, 6) is 0. The second kappa shape index (κ2) is 33.1. The van der Waals surface area contributed by atoms with E-state index in [0.29, 0.717) is 0 Å². The van der Waals surface area contributed by atoms with Crippen molar-refractivity contribution in [2.75, 3.05) is 0 Å². The Kier molecular flexibility index (Phi) is 34.7. The number of halogens is 6. The van der Waals surface area contributed by atoms with Crippen LogP contribution < -0.4 is 0 Å². The molecule has 0 saturated heterocycles. The van der Waals surface area contributed by atoms with Crippen LogP contribution in [-0.4, -0.2) is 29.4 Å². The van der Waals surface area contributed by atoms with Gasteiger partial charge in [-0.2, -0.15) is 25.2 Å². The molecule has 0 saturated carbocycles. The number of benzene rings is 4. The first kappa shape index (κ1) is 51.3. The average Bonchev–Trinajstić information content (AvgIpc) is 2.97. The molecule has 0 fully saturated rings. The molecule has 276 valence electrons. The second-order valence-electron chi connectivity index (χ2n) is 7.37. The quantitative estimate of drug-likeness (QED) is 0.0834. The highest BCUT2D eigenvalue weighted by molar-refractivity contribution is 7.99. The van der Waals surface area contributed by atoms with E-state index >= 15 is 0 Å². The molecule has 0 spiro atoms. The van der Waals surface area contributed by atoms with Crippen molar-refractivity contribution in [3.8, 4) is 22.3 Å². The lowest BCUT2D eigenvalue weighted by Gasteiger charge is -2.11. The normalized spacial score (nSPS) is 13.0. The molecule has 0 radical (unpaired) electrons. The van der Waals surface area contributed by atoms with Crippen molar-refractivity contribution in [3.05, 3.63) is 109 Å². The molecule has 4 aromatic rings. The molecule has 4 rings (SSSR count). The third-order valence-corrected chi connectivity index (χ3v) is 5.17. The minimum atomic E-state index is -3.63. The fourth-order valence-electron chi connectivity index (χ4n) is 2.93. The Balaban J connectivity index is -0.000000721. The Labute approximate surface area is 284 Å². The summed E-state index contributed by atoms with van der Waals surface area (Å²) in [6, 6.07) is 38.5. The smallest absolute Gasteiger partial charge is 0.323 e. The number of hydrogen-bond donors (Lipinski definition) is 6. The lowest BCUT2D eigenvalue weighted by atomic mass is 9.95. The molecule has 0 heterocycles. The van der Waals surface area contributed by atoms with Crippen LogP contribution in [0.1, 0.15) is 0 Å². The van der Waals surface area contributed by atoms with Crippen molar-refractivity contribution in [1.29, 1.82) is 0 Å². The predicted octanol–water partition coefficient (Wildman–Crippen LogP) is 9.20. The summed E-state index contributed by atoms with van der Waals surface area (Å²) in [7, 11) is -21.8.